The number of carbonyl (C=O) groups is 1. The highest BCUT2D eigenvalue weighted by molar-refractivity contribution is 5.47. The second-order valence-corrected chi connectivity index (χ2v) is 2.83. The quantitative estimate of drug-likeness (QED) is 0.535. The predicted molar refractivity (Wildman–Crippen MR) is 41.2 cm³/mol. The molecule has 0 aromatic rings. The van der Waals surface area contributed by atoms with E-state index in [0.717, 1.165) is 0 Å². The van der Waals surface area contributed by atoms with Crippen LogP contribution >= 0.6 is 0 Å². The molecule has 0 fully saturated rings. The summed E-state index contributed by atoms with van der Waals surface area (Å²) in [7, 11) is 1.54. The highest BCUT2D eigenvalue weighted by Gasteiger charge is 2.27. The third-order valence-corrected chi connectivity index (χ3v) is 1.82. The number of rotatable bonds is 5. The van der Waals surface area contributed by atoms with Crippen molar-refractivity contribution in [1.82, 2.24) is 5.32 Å². The molecule has 2 N–H and O–H groups in total. The standard InChI is InChI=1S/C7H15NO3/c1-7(2,11-3)6(4-9)8-5-10/h5-6,9H,4H2,1-3H3,(H,8,10)/t6-/m0/s1. The zero-order valence-electron chi connectivity index (χ0n) is 7.13. The Labute approximate surface area is 66.5 Å². The number of aliphatic hydroxyl groups is 1. The molecule has 0 aromatic carbocycles. The number of hydrogen-bond acceptors (Lipinski definition) is 3. The Morgan fingerprint density at radius 2 is 2.27 bits per heavy atom. The van der Waals surface area contributed by atoms with E-state index in [1.807, 2.05) is 0 Å². The van der Waals surface area contributed by atoms with Crippen molar-refractivity contribution >= 4 is 6.41 Å². The Morgan fingerprint density at radius 3 is 2.55 bits per heavy atom. The fourth-order valence-corrected chi connectivity index (χ4v) is 0.698. The topological polar surface area (TPSA) is 58.6 Å². The molecule has 66 valence electrons. The molecular weight excluding hydrogens is 146 g/mol. The average Bonchev–Trinajstić information content (AvgIpc) is 2.00. The zero-order chi connectivity index (χ0) is 8.91. The summed E-state index contributed by atoms with van der Waals surface area (Å²) < 4.78 is 5.06. The number of aliphatic hydroxyl groups excluding tert-OH is 1. The number of nitrogens with one attached hydrogen (secondary N) is 1. The Balaban J connectivity index is 4.10. The molecule has 4 heteroatoms. The summed E-state index contributed by atoms with van der Waals surface area (Å²) in [6.07, 6.45) is 0.557. The first kappa shape index (κ1) is 10.4. The van der Waals surface area contributed by atoms with Gasteiger partial charge in [0.15, 0.2) is 0 Å². The Morgan fingerprint density at radius 1 is 1.73 bits per heavy atom. The lowest BCUT2D eigenvalue weighted by Crippen LogP contribution is -2.49. The number of hydrogen-bond donors (Lipinski definition) is 2. The summed E-state index contributed by atoms with van der Waals surface area (Å²) in [5.74, 6) is 0. The molecule has 0 radical (unpaired) electrons. The van der Waals surface area contributed by atoms with E-state index in [9.17, 15) is 4.79 Å². The molecule has 0 bridgehead atoms. The minimum atomic E-state index is -0.532. The van der Waals surface area contributed by atoms with Crippen molar-refractivity contribution in [2.24, 2.45) is 0 Å². The van der Waals surface area contributed by atoms with Gasteiger partial charge in [-0.05, 0) is 13.8 Å². The second kappa shape index (κ2) is 4.31. The molecule has 0 heterocycles. The van der Waals surface area contributed by atoms with Crippen LogP contribution in [-0.2, 0) is 9.53 Å². The number of ether oxygens (including phenoxy) is 1. The molecule has 0 aliphatic carbocycles. The monoisotopic (exact) mass is 161 g/mol. The van der Waals surface area contributed by atoms with Crippen molar-refractivity contribution in [2.45, 2.75) is 25.5 Å². The van der Waals surface area contributed by atoms with E-state index < -0.39 is 5.60 Å². The van der Waals surface area contributed by atoms with Crippen molar-refractivity contribution < 1.29 is 14.6 Å². The van der Waals surface area contributed by atoms with Gasteiger partial charge in [-0.2, -0.15) is 0 Å². The predicted octanol–water partition coefficient (Wildman–Crippen LogP) is -0.482. The fourth-order valence-electron chi connectivity index (χ4n) is 0.698. The lowest BCUT2D eigenvalue weighted by atomic mass is 10.00. The highest BCUT2D eigenvalue weighted by Crippen LogP contribution is 2.12. The van der Waals surface area contributed by atoms with Crippen LogP contribution in [0.4, 0.5) is 0 Å². The summed E-state index contributed by atoms with van der Waals surface area (Å²) >= 11 is 0. The van der Waals surface area contributed by atoms with Gasteiger partial charge in [0.1, 0.15) is 0 Å². The Bertz CT molecular complexity index is 125. The smallest absolute Gasteiger partial charge is 0.207 e. The molecule has 4 nitrogen and oxygen atoms in total. The van der Waals surface area contributed by atoms with Gasteiger partial charge in [-0.25, -0.2) is 0 Å². The van der Waals surface area contributed by atoms with Crippen LogP contribution in [0.15, 0.2) is 0 Å². The van der Waals surface area contributed by atoms with Gasteiger partial charge in [0.05, 0.1) is 18.2 Å². The van der Waals surface area contributed by atoms with E-state index in [-0.39, 0.29) is 12.6 Å². The van der Waals surface area contributed by atoms with Crippen molar-refractivity contribution in [3.63, 3.8) is 0 Å². The summed E-state index contributed by atoms with van der Waals surface area (Å²) in [6.45, 7) is 3.47. The van der Waals surface area contributed by atoms with Gasteiger partial charge in [-0.1, -0.05) is 0 Å². The second-order valence-electron chi connectivity index (χ2n) is 2.83. The minimum absolute atomic E-state index is 0.125. The first-order valence-electron chi connectivity index (χ1n) is 3.44. The van der Waals surface area contributed by atoms with Crippen LogP contribution in [0.5, 0.6) is 0 Å². The zero-order valence-corrected chi connectivity index (χ0v) is 7.13. The van der Waals surface area contributed by atoms with Crippen molar-refractivity contribution in [1.29, 1.82) is 0 Å². The molecule has 0 unspecified atom stereocenters. The molecular formula is C7H15NO3. The van der Waals surface area contributed by atoms with E-state index in [1.54, 1.807) is 13.8 Å². The molecule has 0 saturated heterocycles. The van der Waals surface area contributed by atoms with Crippen LogP contribution in [0.1, 0.15) is 13.8 Å². The van der Waals surface area contributed by atoms with Crippen LogP contribution in [0.2, 0.25) is 0 Å². The molecule has 11 heavy (non-hydrogen) atoms. The van der Waals surface area contributed by atoms with Gasteiger partial charge in [-0.15, -0.1) is 0 Å². The van der Waals surface area contributed by atoms with Gasteiger partial charge in [0, 0.05) is 7.11 Å². The van der Waals surface area contributed by atoms with Crippen LogP contribution in [0.3, 0.4) is 0 Å². The molecule has 0 aliphatic heterocycles. The highest BCUT2D eigenvalue weighted by atomic mass is 16.5. The minimum Gasteiger partial charge on any atom is -0.394 e. The van der Waals surface area contributed by atoms with E-state index in [4.69, 9.17) is 9.84 Å². The fraction of sp³-hybridized carbons (Fsp3) is 0.857. The molecule has 0 rings (SSSR count). The summed E-state index contributed by atoms with van der Waals surface area (Å²) in [6, 6.07) is -0.356. The SMILES string of the molecule is COC(C)(C)[C@H](CO)NC=O. The van der Waals surface area contributed by atoms with Crippen LogP contribution < -0.4 is 5.32 Å². The molecule has 1 atom stereocenters. The molecule has 1 amide bonds. The van der Waals surface area contributed by atoms with Gasteiger partial charge >= 0.3 is 0 Å². The molecule has 0 aliphatic rings. The third-order valence-electron chi connectivity index (χ3n) is 1.82. The average molecular weight is 161 g/mol. The van der Waals surface area contributed by atoms with E-state index in [0.29, 0.717) is 6.41 Å². The van der Waals surface area contributed by atoms with Crippen molar-refractivity contribution in [3.8, 4) is 0 Å². The van der Waals surface area contributed by atoms with Crippen molar-refractivity contribution in [2.75, 3.05) is 13.7 Å². The first-order chi connectivity index (χ1) is 5.08. The first-order valence-corrected chi connectivity index (χ1v) is 3.44. The third kappa shape index (κ3) is 2.86. The van der Waals surface area contributed by atoms with E-state index in [2.05, 4.69) is 5.32 Å². The maximum Gasteiger partial charge on any atom is 0.207 e. The van der Waals surface area contributed by atoms with Crippen LogP contribution in [0, 0.1) is 0 Å². The summed E-state index contributed by atoms with van der Waals surface area (Å²) in [5.41, 5.74) is -0.532. The van der Waals surface area contributed by atoms with Crippen LogP contribution in [0.25, 0.3) is 0 Å². The normalized spacial score (nSPS) is 14.2. The molecule has 0 aromatic heterocycles. The lowest BCUT2D eigenvalue weighted by Gasteiger charge is -2.30. The molecule has 0 spiro atoms. The van der Waals surface area contributed by atoms with E-state index in [1.165, 1.54) is 7.11 Å². The molecule has 0 saturated carbocycles. The van der Waals surface area contributed by atoms with Crippen LogP contribution in [-0.4, -0.2) is 36.9 Å². The maximum atomic E-state index is 10.1. The number of carbonyl (C=O) groups excluding carboxylic acids is 1. The van der Waals surface area contributed by atoms with Gasteiger partial charge < -0.3 is 15.2 Å². The lowest BCUT2D eigenvalue weighted by molar-refractivity contribution is -0.113. The largest absolute Gasteiger partial charge is 0.394 e. The number of methoxy groups -OCH3 is 1. The summed E-state index contributed by atoms with van der Waals surface area (Å²) in [5, 5.41) is 11.3. The summed E-state index contributed by atoms with van der Waals surface area (Å²) in [4.78, 5) is 10.1. The Hall–Kier alpha value is -0.610. The Kier molecular flexibility index (Phi) is 4.07. The number of amides is 1. The van der Waals surface area contributed by atoms with Crippen molar-refractivity contribution in [3.05, 3.63) is 0 Å². The van der Waals surface area contributed by atoms with E-state index >= 15 is 0 Å². The maximum absolute atomic E-state index is 10.1. The van der Waals surface area contributed by atoms with Gasteiger partial charge in [-0.3, -0.25) is 4.79 Å². The van der Waals surface area contributed by atoms with Gasteiger partial charge in [0.25, 0.3) is 0 Å². The van der Waals surface area contributed by atoms with Gasteiger partial charge in [0.2, 0.25) is 6.41 Å².